The summed E-state index contributed by atoms with van der Waals surface area (Å²) in [5, 5.41) is 21.6. The molecule has 0 fully saturated rings. The van der Waals surface area contributed by atoms with E-state index in [1.807, 2.05) is 6.92 Å². The fourth-order valence-corrected chi connectivity index (χ4v) is 2.67. The van der Waals surface area contributed by atoms with Gasteiger partial charge in [0.25, 0.3) is 5.91 Å². The molecular formula is C12H15N5O3S. The van der Waals surface area contributed by atoms with E-state index < -0.39 is 11.9 Å². The minimum absolute atomic E-state index is 0.164. The Labute approximate surface area is 125 Å². The Morgan fingerprint density at radius 3 is 2.86 bits per heavy atom. The Morgan fingerprint density at radius 2 is 2.29 bits per heavy atom. The number of carboxylic acid groups (broad SMARTS) is 1. The zero-order valence-electron chi connectivity index (χ0n) is 11.6. The highest BCUT2D eigenvalue weighted by Gasteiger charge is 2.24. The highest BCUT2D eigenvalue weighted by atomic mass is 32.1. The minimum Gasteiger partial charge on any atom is -0.481 e. The highest BCUT2D eigenvalue weighted by Crippen LogP contribution is 2.22. The van der Waals surface area contributed by atoms with E-state index in [4.69, 9.17) is 5.11 Å². The first-order valence-corrected chi connectivity index (χ1v) is 7.25. The molecule has 0 aliphatic rings. The molecule has 1 atom stereocenters. The number of carboxylic acids is 1. The van der Waals surface area contributed by atoms with Gasteiger partial charge in [0, 0.05) is 13.1 Å². The molecule has 0 radical (unpaired) electrons. The second-order valence-electron chi connectivity index (χ2n) is 4.47. The van der Waals surface area contributed by atoms with E-state index in [2.05, 4.69) is 15.5 Å². The largest absolute Gasteiger partial charge is 0.481 e. The van der Waals surface area contributed by atoms with Crippen LogP contribution in [0, 0.1) is 5.92 Å². The molecule has 9 heteroatoms. The molecule has 0 saturated heterocycles. The van der Waals surface area contributed by atoms with Gasteiger partial charge < -0.3 is 10.0 Å². The second kappa shape index (κ2) is 6.44. The Hall–Kier alpha value is -2.29. The molecule has 8 nitrogen and oxygen atoms in total. The third kappa shape index (κ3) is 3.24. The summed E-state index contributed by atoms with van der Waals surface area (Å²) >= 11 is 1.28. The molecule has 0 aliphatic heterocycles. The van der Waals surface area contributed by atoms with E-state index in [1.54, 1.807) is 18.4 Å². The first-order chi connectivity index (χ1) is 10.0. The summed E-state index contributed by atoms with van der Waals surface area (Å²) in [5.74, 6) is -1.76. The van der Waals surface area contributed by atoms with Crippen LogP contribution in [0.2, 0.25) is 0 Å². The number of tetrazole rings is 1. The summed E-state index contributed by atoms with van der Waals surface area (Å²) in [6, 6.07) is 1.75. The smallest absolute Gasteiger partial charge is 0.308 e. The minimum atomic E-state index is -0.923. The normalized spacial score (nSPS) is 12.1. The van der Waals surface area contributed by atoms with E-state index in [9.17, 15) is 9.59 Å². The standard InChI is InChI=1S/C12H15N5O3S/c1-3-16(6-8(2)12(19)20)11(18)10-9(4-5-21-10)17-7-13-14-15-17/h4-5,7-8H,3,6H2,1-2H3,(H,19,20). The average molecular weight is 309 g/mol. The summed E-state index contributed by atoms with van der Waals surface area (Å²) in [6.45, 7) is 3.99. The van der Waals surface area contributed by atoms with Gasteiger partial charge in [-0.05, 0) is 28.8 Å². The van der Waals surface area contributed by atoms with Crippen LogP contribution in [0.25, 0.3) is 5.69 Å². The van der Waals surface area contributed by atoms with Crippen LogP contribution >= 0.6 is 11.3 Å². The maximum absolute atomic E-state index is 12.6. The topological polar surface area (TPSA) is 101 Å². The molecule has 2 rings (SSSR count). The number of hydrogen-bond acceptors (Lipinski definition) is 6. The first kappa shape index (κ1) is 15.1. The molecule has 0 aromatic carbocycles. The number of hydrogen-bond donors (Lipinski definition) is 1. The summed E-state index contributed by atoms with van der Waals surface area (Å²) < 4.78 is 1.41. The third-order valence-electron chi connectivity index (χ3n) is 3.02. The van der Waals surface area contributed by atoms with Gasteiger partial charge in [0.05, 0.1) is 11.6 Å². The number of nitrogens with zero attached hydrogens (tertiary/aromatic N) is 5. The number of carbonyl (C=O) groups is 2. The van der Waals surface area contributed by atoms with Crippen LogP contribution in [-0.2, 0) is 4.79 Å². The van der Waals surface area contributed by atoms with Gasteiger partial charge in [0.15, 0.2) is 0 Å². The van der Waals surface area contributed by atoms with Crippen molar-refractivity contribution in [2.24, 2.45) is 5.92 Å². The van der Waals surface area contributed by atoms with Crippen LogP contribution in [0.15, 0.2) is 17.8 Å². The molecule has 112 valence electrons. The lowest BCUT2D eigenvalue weighted by molar-refractivity contribution is -0.141. The van der Waals surface area contributed by atoms with Crippen LogP contribution in [0.1, 0.15) is 23.5 Å². The summed E-state index contributed by atoms with van der Waals surface area (Å²) in [5.41, 5.74) is 0.594. The van der Waals surface area contributed by atoms with Crippen molar-refractivity contribution in [2.75, 3.05) is 13.1 Å². The van der Waals surface area contributed by atoms with Gasteiger partial charge in [-0.2, -0.15) is 4.68 Å². The van der Waals surface area contributed by atoms with Gasteiger partial charge in [0.1, 0.15) is 11.2 Å². The Balaban J connectivity index is 2.23. The van der Waals surface area contributed by atoms with Crippen molar-refractivity contribution in [1.29, 1.82) is 0 Å². The van der Waals surface area contributed by atoms with E-state index in [0.717, 1.165) is 0 Å². The number of thiophene rings is 1. The second-order valence-corrected chi connectivity index (χ2v) is 5.39. The molecule has 2 aromatic rings. The van der Waals surface area contributed by atoms with Crippen molar-refractivity contribution >= 4 is 23.2 Å². The fraction of sp³-hybridized carbons (Fsp3) is 0.417. The molecule has 1 unspecified atom stereocenters. The fourth-order valence-electron chi connectivity index (χ4n) is 1.82. The van der Waals surface area contributed by atoms with Crippen molar-refractivity contribution in [3.8, 4) is 5.69 Å². The highest BCUT2D eigenvalue weighted by molar-refractivity contribution is 7.12. The van der Waals surface area contributed by atoms with Gasteiger partial charge >= 0.3 is 5.97 Å². The number of aliphatic carboxylic acids is 1. The predicted octanol–water partition coefficient (Wildman–Crippen LogP) is 0.907. The summed E-state index contributed by atoms with van der Waals surface area (Å²) in [4.78, 5) is 25.5. The monoisotopic (exact) mass is 309 g/mol. The lowest BCUT2D eigenvalue weighted by atomic mass is 10.1. The maximum Gasteiger partial charge on any atom is 0.308 e. The maximum atomic E-state index is 12.6. The van der Waals surface area contributed by atoms with Crippen molar-refractivity contribution in [1.82, 2.24) is 25.1 Å². The zero-order valence-corrected chi connectivity index (χ0v) is 12.4. The van der Waals surface area contributed by atoms with Gasteiger partial charge in [-0.1, -0.05) is 6.92 Å². The molecule has 1 N–H and O–H groups in total. The Bertz CT molecular complexity index is 625. The van der Waals surface area contributed by atoms with Gasteiger partial charge in [-0.25, -0.2) is 0 Å². The van der Waals surface area contributed by atoms with Crippen molar-refractivity contribution < 1.29 is 14.7 Å². The molecule has 0 bridgehead atoms. The molecule has 2 heterocycles. The van der Waals surface area contributed by atoms with Crippen LogP contribution in [0.5, 0.6) is 0 Å². The molecule has 0 saturated carbocycles. The number of rotatable bonds is 6. The van der Waals surface area contributed by atoms with Gasteiger partial charge in [0.2, 0.25) is 0 Å². The molecular weight excluding hydrogens is 294 g/mol. The Morgan fingerprint density at radius 1 is 1.52 bits per heavy atom. The SMILES string of the molecule is CCN(CC(C)C(=O)O)C(=O)c1sccc1-n1cnnn1. The predicted molar refractivity (Wildman–Crippen MR) is 75.4 cm³/mol. The summed E-state index contributed by atoms with van der Waals surface area (Å²) in [7, 11) is 0. The molecule has 21 heavy (non-hydrogen) atoms. The van der Waals surface area contributed by atoms with Crippen molar-refractivity contribution in [3.05, 3.63) is 22.7 Å². The van der Waals surface area contributed by atoms with Crippen LogP contribution in [0.3, 0.4) is 0 Å². The number of carbonyl (C=O) groups excluding carboxylic acids is 1. The number of aromatic nitrogens is 4. The van der Waals surface area contributed by atoms with Crippen molar-refractivity contribution in [2.45, 2.75) is 13.8 Å². The lowest BCUT2D eigenvalue weighted by Crippen LogP contribution is -2.36. The summed E-state index contributed by atoms with van der Waals surface area (Å²) in [6.07, 6.45) is 1.41. The Kier molecular flexibility index (Phi) is 4.63. The first-order valence-electron chi connectivity index (χ1n) is 6.37. The van der Waals surface area contributed by atoms with Gasteiger partial charge in [-0.15, -0.1) is 16.4 Å². The van der Waals surface area contributed by atoms with E-state index >= 15 is 0 Å². The molecule has 0 aliphatic carbocycles. The lowest BCUT2D eigenvalue weighted by Gasteiger charge is -2.22. The molecule has 2 aromatic heterocycles. The molecule has 0 spiro atoms. The van der Waals surface area contributed by atoms with E-state index in [1.165, 1.54) is 27.2 Å². The van der Waals surface area contributed by atoms with Crippen LogP contribution in [-0.4, -0.2) is 55.2 Å². The molecule has 1 amide bonds. The van der Waals surface area contributed by atoms with E-state index in [0.29, 0.717) is 17.1 Å². The zero-order chi connectivity index (χ0) is 15.4. The van der Waals surface area contributed by atoms with Crippen molar-refractivity contribution in [3.63, 3.8) is 0 Å². The van der Waals surface area contributed by atoms with Crippen LogP contribution < -0.4 is 0 Å². The average Bonchev–Trinajstić information content (AvgIpc) is 3.12. The van der Waals surface area contributed by atoms with E-state index in [-0.39, 0.29) is 12.5 Å². The van der Waals surface area contributed by atoms with Crippen LogP contribution in [0.4, 0.5) is 0 Å². The third-order valence-corrected chi connectivity index (χ3v) is 3.91. The quantitative estimate of drug-likeness (QED) is 0.851. The number of amides is 1. The van der Waals surface area contributed by atoms with Gasteiger partial charge in [-0.3, -0.25) is 9.59 Å².